The van der Waals surface area contributed by atoms with Crippen LogP contribution in [0.15, 0.2) is 48.5 Å². The molecule has 9 nitrogen and oxygen atoms in total. The number of nitrogens with zero attached hydrogens (tertiary/aromatic N) is 1. The highest BCUT2D eigenvalue weighted by atomic mass is 16.5. The fraction of sp³-hybridized carbons (Fsp3) is 0.250. The van der Waals surface area contributed by atoms with Crippen molar-refractivity contribution in [1.29, 1.82) is 0 Å². The highest BCUT2D eigenvalue weighted by Crippen LogP contribution is 2.35. The van der Waals surface area contributed by atoms with Gasteiger partial charge in [0, 0.05) is 12.2 Å². The van der Waals surface area contributed by atoms with Gasteiger partial charge in [-0.15, -0.1) is 0 Å². The number of ether oxygens (including phenoxy) is 1. The van der Waals surface area contributed by atoms with Gasteiger partial charge in [0.15, 0.2) is 6.61 Å². The maximum absolute atomic E-state index is 12.8. The third kappa shape index (κ3) is 5.03. The van der Waals surface area contributed by atoms with Crippen LogP contribution in [0.2, 0.25) is 0 Å². The van der Waals surface area contributed by atoms with E-state index in [1.54, 1.807) is 18.2 Å². The Morgan fingerprint density at radius 1 is 1.09 bits per heavy atom. The summed E-state index contributed by atoms with van der Waals surface area (Å²) in [5.74, 6) is -3.53. The smallest absolute Gasteiger partial charge is 0.325 e. The first-order valence-electron chi connectivity index (χ1n) is 10.4. The summed E-state index contributed by atoms with van der Waals surface area (Å²) < 4.78 is 7.60. The molecule has 0 saturated heterocycles. The maximum atomic E-state index is 12.8. The summed E-state index contributed by atoms with van der Waals surface area (Å²) >= 11 is 0. The first kappa shape index (κ1) is 23.5. The molecule has 0 unspecified atom stereocenters. The van der Waals surface area contributed by atoms with E-state index in [4.69, 9.17) is 15.6 Å². The lowest BCUT2D eigenvalue weighted by molar-refractivity contribution is -0.141. The quantitative estimate of drug-likeness (QED) is 0.318. The van der Waals surface area contributed by atoms with Gasteiger partial charge in [-0.05, 0) is 31.0 Å². The number of nitrogens with one attached hydrogen (secondary N) is 1. The maximum Gasteiger partial charge on any atom is 0.325 e. The molecule has 2 aromatic carbocycles. The van der Waals surface area contributed by atoms with Crippen molar-refractivity contribution in [1.82, 2.24) is 9.88 Å². The number of rotatable bonds is 10. The largest absolute Gasteiger partial charge is 0.483 e. The van der Waals surface area contributed by atoms with Crippen LogP contribution in [0.25, 0.3) is 10.9 Å². The predicted octanol–water partition coefficient (Wildman–Crippen LogP) is 1.89. The van der Waals surface area contributed by atoms with Crippen molar-refractivity contribution in [2.24, 2.45) is 5.73 Å². The molecule has 0 bridgehead atoms. The Kier molecular flexibility index (Phi) is 7.12. The van der Waals surface area contributed by atoms with Gasteiger partial charge in [0.05, 0.1) is 16.5 Å². The van der Waals surface area contributed by atoms with Crippen molar-refractivity contribution in [3.8, 4) is 5.75 Å². The third-order valence-corrected chi connectivity index (χ3v) is 5.24. The molecule has 9 heteroatoms. The van der Waals surface area contributed by atoms with Crippen molar-refractivity contribution < 1.29 is 29.0 Å². The number of Topliss-reactive ketones (excluding diaryl/α,β-unsaturated/α-hetero) is 1. The highest BCUT2D eigenvalue weighted by Gasteiger charge is 2.27. The van der Waals surface area contributed by atoms with Crippen LogP contribution in [0.4, 0.5) is 0 Å². The molecule has 33 heavy (non-hydrogen) atoms. The van der Waals surface area contributed by atoms with Crippen molar-refractivity contribution in [3.63, 3.8) is 0 Å². The van der Waals surface area contributed by atoms with E-state index in [9.17, 15) is 19.2 Å². The predicted molar refractivity (Wildman–Crippen MR) is 121 cm³/mol. The van der Waals surface area contributed by atoms with Gasteiger partial charge in [-0.3, -0.25) is 19.2 Å². The van der Waals surface area contributed by atoms with E-state index in [0.29, 0.717) is 29.6 Å². The molecule has 1 heterocycles. The van der Waals surface area contributed by atoms with E-state index in [-0.39, 0.29) is 11.3 Å². The van der Waals surface area contributed by atoms with Gasteiger partial charge in [0.2, 0.25) is 0 Å². The molecule has 0 saturated carbocycles. The molecule has 0 fully saturated rings. The molecule has 172 valence electrons. The number of aromatic nitrogens is 1. The number of aliphatic carboxylic acids is 1. The van der Waals surface area contributed by atoms with Crippen LogP contribution in [-0.4, -0.2) is 45.9 Å². The second kappa shape index (κ2) is 9.99. The molecule has 4 N–H and O–H groups in total. The lowest BCUT2D eigenvalue weighted by Crippen LogP contribution is -2.40. The van der Waals surface area contributed by atoms with Crippen molar-refractivity contribution >= 4 is 34.5 Å². The number of carbonyl (C=O) groups excluding carboxylic acids is 3. The Morgan fingerprint density at radius 2 is 1.79 bits per heavy atom. The lowest BCUT2D eigenvalue weighted by Gasteiger charge is -2.12. The Morgan fingerprint density at radius 3 is 2.39 bits per heavy atom. The van der Waals surface area contributed by atoms with Gasteiger partial charge in [0.25, 0.3) is 17.6 Å². The van der Waals surface area contributed by atoms with Gasteiger partial charge in [-0.25, -0.2) is 0 Å². The first-order valence-corrected chi connectivity index (χ1v) is 10.4. The summed E-state index contributed by atoms with van der Waals surface area (Å²) in [5, 5.41) is 11.6. The standard InChI is InChI=1S/C24H25N3O6/c1-3-16-21(22(29)23(25)30)20-17(27(16)12-15-8-5-4-6-9-15)10-7-11-18(20)33-13-19(28)26-14(2)24(31)32/h4-11,14H,3,12-13H2,1-2H3,(H2,25,30)(H,26,28)(H,31,32)/t14-/m0/s1. The van der Waals surface area contributed by atoms with Gasteiger partial charge in [0.1, 0.15) is 11.8 Å². The molecular weight excluding hydrogens is 426 g/mol. The number of hydrogen-bond donors (Lipinski definition) is 3. The van der Waals surface area contributed by atoms with E-state index in [1.165, 1.54) is 6.92 Å². The zero-order chi connectivity index (χ0) is 24.1. The SMILES string of the molecule is CCc1c(C(=O)C(N)=O)c2c(OCC(=O)N[C@@H](C)C(=O)O)cccc2n1Cc1ccccc1. The van der Waals surface area contributed by atoms with Gasteiger partial charge in [-0.1, -0.05) is 43.3 Å². The summed E-state index contributed by atoms with van der Waals surface area (Å²) in [6.45, 7) is 3.19. The fourth-order valence-electron chi connectivity index (χ4n) is 3.71. The van der Waals surface area contributed by atoms with Gasteiger partial charge < -0.3 is 25.5 Å². The number of carboxylic acids is 1. The minimum Gasteiger partial charge on any atom is -0.483 e. The average molecular weight is 451 g/mol. The zero-order valence-electron chi connectivity index (χ0n) is 18.3. The molecule has 3 aromatic rings. The molecular formula is C24H25N3O6. The molecule has 0 radical (unpaired) electrons. The molecule has 0 aliphatic heterocycles. The number of primary amides is 1. The second-order valence-corrected chi connectivity index (χ2v) is 7.51. The number of ketones is 1. The summed E-state index contributed by atoms with van der Waals surface area (Å²) in [7, 11) is 0. The number of amides is 2. The second-order valence-electron chi connectivity index (χ2n) is 7.51. The average Bonchev–Trinajstić information content (AvgIpc) is 3.11. The zero-order valence-corrected chi connectivity index (χ0v) is 18.3. The van der Waals surface area contributed by atoms with Crippen LogP contribution >= 0.6 is 0 Å². The van der Waals surface area contributed by atoms with E-state index < -0.39 is 36.2 Å². The van der Waals surface area contributed by atoms with E-state index in [1.807, 2.05) is 41.8 Å². The summed E-state index contributed by atoms with van der Waals surface area (Å²) in [5.41, 5.74) is 7.75. The van der Waals surface area contributed by atoms with E-state index in [0.717, 1.165) is 5.56 Å². The number of nitrogens with two attached hydrogens (primary N) is 1. The van der Waals surface area contributed by atoms with Crippen LogP contribution in [0.1, 0.15) is 35.5 Å². The number of carboxylic acid groups (broad SMARTS) is 1. The Hall–Kier alpha value is -4.14. The Bertz CT molecular complexity index is 1220. The normalized spacial score (nSPS) is 11.7. The molecule has 0 aliphatic rings. The van der Waals surface area contributed by atoms with Crippen LogP contribution in [0.3, 0.4) is 0 Å². The topological polar surface area (TPSA) is 141 Å². The van der Waals surface area contributed by atoms with Crippen LogP contribution in [0, 0.1) is 0 Å². The fourth-order valence-corrected chi connectivity index (χ4v) is 3.71. The number of benzene rings is 2. The van der Waals surface area contributed by atoms with Crippen molar-refractivity contribution in [2.75, 3.05) is 6.61 Å². The van der Waals surface area contributed by atoms with Gasteiger partial charge >= 0.3 is 5.97 Å². The molecule has 0 aliphatic carbocycles. The summed E-state index contributed by atoms with van der Waals surface area (Å²) in [6, 6.07) is 13.7. The lowest BCUT2D eigenvalue weighted by atomic mass is 10.0. The molecule has 2 amide bonds. The van der Waals surface area contributed by atoms with Crippen LogP contribution in [0.5, 0.6) is 5.75 Å². The monoisotopic (exact) mass is 451 g/mol. The third-order valence-electron chi connectivity index (χ3n) is 5.24. The minimum atomic E-state index is -1.18. The number of carbonyl (C=O) groups is 4. The van der Waals surface area contributed by atoms with Crippen LogP contribution in [-0.2, 0) is 27.3 Å². The minimum absolute atomic E-state index is 0.144. The molecule has 1 atom stereocenters. The van der Waals surface area contributed by atoms with Crippen molar-refractivity contribution in [3.05, 3.63) is 65.4 Å². The summed E-state index contributed by atoms with van der Waals surface area (Å²) in [4.78, 5) is 47.7. The summed E-state index contributed by atoms with van der Waals surface area (Å²) in [6.07, 6.45) is 0.450. The molecule has 3 rings (SSSR count). The highest BCUT2D eigenvalue weighted by molar-refractivity contribution is 6.45. The Balaban J connectivity index is 2.08. The molecule has 1 aromatic heterocycles. The van der Waals surface area contributed by atoms with Crippen LogP contribution < -0.4 is 15.8 Å². The Labute approximate surface area is 190 Å². The first-order chi connectivity index (χ1) is 15.7. The molecule has 0 spiro atoms. The van der Waals surface area contributed by atoms with Crippen molar-refractivity contribution in [2.45, 2.75) is 32.9 Å². The number of fused-ring (bicyclic) bond motifs is 1. The van der Waals surface area contributed by atoms with E-state index in [2.05, 4.69) is 5.32 Å². The van der Waals surface area contributed by atoms with E-state index >= 15 is 0 Å². The van der Waals surface area contributed by atoms with Gasteiger partial charge in [-0.2, -0.15) is 0 Å². The number of hydrogen-bond acceptors (Lipinski definition) is 5.